The molecule has 0 bridgehead atoms. The third-order valence-corrected chi connectivity index (χ3v) is 3.85. The average Bonchev–Trinajstić information content (AvgIpc) is 2.71. The summed E-state index contributed by atoms with van der Waals surface area (Å²) in [7, 11) is 0. The number of nitrogens with two attached hydrogens (primary N) is 1. The Morgan fingerprint density at radius 1 is 1.31 bits per heavy atom. The van der Waals surface area contributed by atoms with Gasteiger partial charge in [-0.3, -0.25) is 0 Å². The van der Waals surface area contributed by atoms with E-state index in [-0.39, 0.29) is 6.04 Å². The second kappa shape index (κ2) is 4.16. The van der Waals surface area contributed by atoms with Crippen LogP contribution in [0.15, 0.2) is 30.3 Å². The molecule has 0 spiro atoms. The number of benzene rings is 1. The van der Waals surface area contributed by atoms with Crippen molar-refractivity contribution in [3.8, 4) is 0 Å². The molecule has 1 aliphatic heterocycles. The minimum absolute atomic E-state index is 0.246. The lowest BCUT2D eigenvalue weighted by molar-refractivity contribution is 0.482. The van der Waals surface area contributed by atoms with Gasteiger partial charge in [0, 0.05) is 6.04 Å². The van der Waals surface area contributed by atoms with Gasteiger partial charge < -0.3 is 5.73 Å². The Morgan fingerprint density at radius 3 is 2.69 bits per heavy atom. The van der Waals surface area contributed by atoms with Crippen LogP contribution in [0, 0.1) is 5.92 Å². The summed E-state index contributed by atoms with van der Waals surface area (Å²) in [6.45, 7) is 0. The monoisotopic (exact) mass is 193 g/mol. The fourth-order valence-corrected chi connectivity index (χ4v) is 3.10. The molecule has 2 heteroatoms. The Hall–Kier alpha value is -0.470. The van der Waals surface area contributed by atoms with Crippen LogP contribution in [-0.4, -0.2) is 11.5 Å². The van der Waals surface area contributed by atoms with Gasteiger partial charge in [0.15, 0.2) is 0 Å². The molecule has 0 aliphatic carbocycles. The van der Waals surface area contributed by atoms with E-state index in [0.717, 1.165) is 0 Å². The van der Waals surface area contributed by atoms with E-state index in [1.54, 1.807) is 0 Å². The van der Waals surface area contributed by atoms with Crippen LogP contribution < -0.4 is 5.73 Å². The highest BCUT2D eigenvalue weighted by Gasteiger charge is 2.23. The maximum atomic E-state index is 6.19. The Labute approximate surface area is 83.7 Å². The second-order valence-electron chi connectivity index (χ2n) is 3.56. The number of hydrogen-bond donors (Lipinski definition) is 1. The van der Waals surface area contributed by atoms with E-state index < -0.39 is 0 Å². The molecular formula is C11H15NS. The first-order chi connectivity index (χ1) is 6.38. The quantitative estimate of drug-likeness (QED) is 0.780. The van der Waals surface area contributed by atoms with E-state index in [1.165, 1.54) is 23.5 Å². The van der Waals surface area contributed by atoms with Crippen molar-refractivity contribution in [2.75, 3.05) is 11.5 Å². The minimum Gasteiger partial charge on any atom is -0.324 e. The molecular weight excluding hydrogens is 178 g/mol. The van der Waals surface area contributed by atoms with Gasteiger partial charge in [0.2, 0.25) is 0 Å². The number of hydrogen-bond acceptors (Lipinski definition) is 2. The normalized spacial score (nSPS) is 24.5. The lowest BCUT2D eigenvalue weighted by Gasteiger charge is -2.18. The van der Waals surface area contributed by atoms with E-state index in [4.69, 9.17) is 5.73 Å². The molecule has 0 amide bonds. The molecule has 1 nitrogen and oxygen atoms in total. The fourth-order valence-electron chi connectivity index (χ4n) is 1.78. The van der Waals surface area contributed by atoms with Crippen LogP contribution in [0.1, 0.15) is 18.0 Å². The summed E-state index contributed by atoms with van der Waals surface area (Å²) in [6.07, 6.45) is 1.28. The zero-order valence-corrected chi connectivity index (χ0v) is 8.46. The molecule has 1 heterocycles. The molecule has 1 aromatic rings. The minimum atomic E-state index is 0.246. The van der Waals surface area contributed by atoms with Crippen LogP contribution in [0.5, 0.6) is 0 Å². The summed E-state index contributed by atoms with van der Waals surface area (Å²) in [4.78, 5) is 0. The largest absolute Gasteiger partial charge is 0.324 e. The van der Waals surface area contributed by atoms with Gasteiger partial charge in [0.05, 0.1) is 0 Å². The van der Waals surface area contributed by atoms with Gasteiger partial charge in [-0.05, 0) is 29.4 Å². The highest BCUT2D eigenvalue weighted by atomic mass is 32.2. The first-order valence-corrected chi connectivity index (χ1v) is 5.91. The first kappa shape index (κ1) is 9.10. The predicted octanol–water partition coefficient (Wildman–Crippen LogP) is 2.44. The van der Waals surface area contributed by atoms with E-state index in [2.05, 4.69) is 24.3 Å². The van der Waals surface area contributed by atoms with Crippen molar-refractivity contribution < 1.29 is 0 Å². The van der Waals surface area contributed by atoms with E-state index >= 15 is 0 Å². The van der Waals surface area contributed by atoms with E-state index in [9.17, 15) is 0 Å². The second-order valence-corrected chi connectivity index (χ2v) is 4.71. The van der Waals surface area contributed by atoms with Crippen LogP contribution in [0.2, 0.25) is 0 Å². The molecule has 0 radical (unpaired) electrons. The Morgan fingerprint density at radius 2 is 2.08 bits per heavy atom. The highest BCUT2D eigenvalue weighted by Crippen LogP contribution is 2.32. The predicted molar refractivity (Wildman–Crippen MR) is 58.8 cm³/mol. The summed E-state index contributed by atoms with van der Waals surface area (Å²) in [6, 6.07) is 10.7. The number of rotatable bonds is 2. The zero-order valence-electron chi connectivity index (χ0n) is 7.65. The van der Waals surface area contributed by atoms with Crippen molar-refractivity contribution in [2.45, 2.75) is 12.5 Å². The molecule has 0 saturated carbocycles. The van der Waals surface area contributed by atoms with E-state index in [1.807, 2.05) is 17.8 Å². The smallest absolute Gasteiger partial charge is 0.0331 e. The van der Waals surface area contributed by atoms with E-state index in [0.29, 0.717) is 5.92 Å². The average molecular weight is 193 g/mol. The van der Waals surface area contributed by atoms with Gasteiger partial charge in [-0.25, -0.2) is 0 Å². The van der Waals surface area contributed by atoms with Gasteiger partial charge in [0.25, 0.3) is 0 Å². The van der Waals surface area contributed by atoms with Crippen molar-refractivity contribution in [3.05, 3.63) is 35.9 Å². The van der Waals surface area contributed by atoms with Crippen LogP contribution in [0.3, 0.4) is 0 Å². The molecule has 1 aromatic carbocycles. The van der Waals surface area contributed by atoms with Crippen LogP contribution in [0.25, 0.3) is 0 Å². The van der Waals surface area contributed by atoms with Crippen molar-refractivity contribution in [1.29, 1.82) is 0 Å². The molecule has 1 fully saturated rings. The Kier molecular flexibility index (Phi) is 2.91. The summed E-state index contributed by atoms with van der Waals surface area (Å²) in [5, 5.41) is 0. The molecule has 2 atom stereocenters. The third kappa shape index (κ3) is 2.06. The molecule has 2 unspecified atom stereocenters. The van der Waals surface area contributed by atoms with Crippen molar-refractivity contribution >= 4 is 11.8 Å². The molecule has 2 N–H and O–H groups in total. The summed E-state index contributed by atoms with van der Waals surface area (Å²) >= 11 is 2.03. The lowest BCUT2D eigenvalue weighted by Crippen LogP contribution is -2.20. The van der Waals surface area contributed by atoms with Crippen LogP contribution in [-0.2, 0) is 0 Å². The van der Waals surface area contributed by atoms with Gasteiger partial charge in [0.1, 0.15) is 0 Å². The Balaban J connectivity index is 2.08. The van der Waals surface area contributed by atoms with Gasteiger partial charge in [-0.1, -0.05) is 30.3 Å². The highest BCUT2D eigenvalue weighted by molar-refractivity contribution is 7.99. The van der Waals surface area contributed by atoms with Gasteiger partial charge in [-0.2, -0.15) is 11.8 Å². The molecule has 70 valence electrons. The van der Waals surface area contributed by atoms with Gasteiger partial charge >= 0.3 is 0 Å². The number of thioether (sulfide) groups is 1. The molecule has 0 aromatic heterocycles. The maximum Gasteiger partial charge on any atom is 0.0331 e. The Bertz CT molecular complexity index is 254. The summed E-state index contributed by atoms with van der Waals surface area (Å²) in [5.41, 5.74) is 7.47. The fraction of sp³-hybridized carbons (Fsp3) is 0.455. The third-order valence-electron chi connectivity index (χ3n) is 2.66. The molecule has 1 aliphatic rings. The van der Waals surface area contributed by atoms with Crippen LogP contribution in [0.4, 0.5) is 0 Å². The maximum absolute atomic E-state index is 6.19. The SMILES string of the molecule is NC(c1ccccc1)C1CCSC1. The standard InChI is InChI=1S/C11H15NS/c12-11(10-6-7-13-8-10)9-4-2-1-3-5-9/h1-5,10-11H,6-8,12H2. The van der Waals surface area contributed by atoms with Crippen molar-refractivity contribution in [1.82, 2.24) is 0 Å². The lowest BCUT2D eigenvalue weighted by atomic mass is 9.93. The van der Waals surface area contributed by atoms with Gasteiger partial charge in [-0.15, -0.1) is 0 Å². The molecule has 1 saturated heterocycles. The summed E-state index contributed by atoms with van der Waals surface area (Å²) < 4.78 is 0. The topological polar surface area (TPSA) is 26.0 Å². The molecule has 13 heavy (non-hydrogen) atoms. The molecule has 2 rings (SSSR count). The van der Waals surface area contributed by atoms with Crippen LogP contribution >= 0.6 is 11.8 Å². The van der Waals surface area contributed by atoms with Crippen molar-refractivity contribution in [3.63, 3.8) is 0 Å². The summed E-state index contributed by atoms with van der Waals surface area (Å²) in [5.74, 6) is 3.20. The van der Waals surface area contributed by atoms with Crippen molar-refractivity contribution in [2.24, 2.45) is 11.7 Å². The zero-order chi connectivity index (χ0) is 9.10. The first-order valence-electron chi connectivity index (χ1n) is 4.76.